The highest BCUT2D eigenvalue weighted by Crippen LogP contribution is 2.19. The van der Waals surface area contributed by atoms with E-state index in [2.05, 4.69) is 20.4 Å². The van der Waals surface area contributed by atoms with Crippen LogP contribution in [0.15, 0.2) is 27.6 Å². The summed E-state index contributed by atoms with van der Waals surface area (Å²) in [5, 5.41) is 11.8. The lowest BCUT2D eigenvalue weighted by atomic mass is 10.3. The van der Waals surface area contributed by atoms with Crippen molar-refractivity contribution in [3.05, 3.63) is 30.1 Å². The first-order valence-electron chi connectivity index (χ1n) is 5.01. The first-order valence-corrected chi connectivity index (χ1v) is 5.01. The van der Waals surface area contributed by atoms with Crippen molar-refractivity contribution in [2.45, 2.75) is 13.8 Å². The summed E-state index contributed by atoms with van der Waals surface area (Å²) in [6.45, 7) is 3.63. The average Bonchev–Trinajstić information content (AvgIpc) is 2.97. The van der Waals surface area contributed by atoms with Gasteiger partial charge in [0.1, 0.15) is 17.8 Å². The minimum Gasteiger partial charge on any atom is -0.361 e. The maximum absolute atomic E-state index is 4.97. The normalized spacial score (nSPS) is 10.9. The molecule has 3 aromatic heterocycles. The van der Waals surface area contributed by atoms with Crippen LogP contribution in [0.3, 0.4) is 0 Å². The topological polar surface area (TPSA) is 82.8 Å². The van der Waals surface area contributed by atoms with Gasteiger partial charge in [-0.2, -0.15) is 4.68 Å². The number of aryl methyl sites for hydroxylation is 2. The molecule has 0 aliphatic carbocycles. The molecule has 0 spiro atoms. The van der Waals surface area contributed by atoms with Crippen molar-refractivity contribution in [1.29, 1.82) is 0 Å². The predicted octanol–water partition coefficient (Wildman–Crippen LogP) is 1.53. The van der Waals surface area contributed by atoms with Crippen LogP contribution in [0.2, 0.25) is 0 Å². The number of rotatable bonds is 2. The van der Waals surface area contributed by atoms with Gasteiger partial charge in [-0.1, -0.05) is 10.3 Å². The molecule has 0 aliphatic rings. The highest BCUT2D eigenvalue weighted by Gasteiger charge is 2.12. The second-order valence-electron chi connectivity index (χ2n) is 3.60. The van der Waals surface area contributed by atoms with Gasteiger partial charge >= 0.3 is 0 Å². The number of hydrogen-bond acceptors (Lipinski definition) is 6. The van der Waals surface area contributed by atoms with Crippen molar-refractivity contribution in [1.82, 2.24) is 25.1 Å². The lowest BCUT2D eigenvalue weighted by Crippen LogP contribution is -1.94. The van der Waals surface area contributed by atoms with Crippen LogP contribution in [0.25, 0.3) is 17.2 Å². The maximum atomic E-state index is 4.97. The molecule has 3 rings (SSSR count). The van der Waals surface area contributed by atoms with Crippen molar-refractivity contribution in [3.8, 4) is 17.2 Å². The fraction of sp³-hybridized carbons (Fsp3) is 0.200. The van der Waals surface area contributed by atoms with E-state index in [0.717, 1.165) is 11.3 Å². The van der Waals surface area contributed by atoms with Gasteiger partial charge in [-0.3, -0.25) is 0 Å². The fourth-order valence-corrected chi connectivity index (χ4v) is 1.47. The van der Waals surface area contributed by atoms with E-state index in [9.17, 15) is 0 Å². The Bertz CT molecular complexity index is 651. The Labute approximate surface area is 96.0 Å². The van der Waals surface area contributed by atoms with Crippen molar-refractivity contribution in [2.24, 2.45) is 0 Å². The second-order valence-corrected chi connectivity index (χ2v) is 3.60. The molecule has 0 aliphatic heterocycles. The summed E-state index contributed by atoms with van der Waals surface area (Å²) in [6.07, 6.45) is 3.15. The summed E-state index contributed by atoms with van der Waals surface area (Å²) in [7, 11) is 0. The van der Waals surface area contributed by atoms with Crippen LogP contribution in [0, 0.1) is 13.8 Å². The van der Waals surface area contributed by atoms with Crippen molar-refractivity contribution in [3.63, 3.8) is 0 Å². The summed E-state index contributed by atoms with van der Waals surface area (Å²) in [6, 6.07) is 1.78. The van der Waals surface area contributed by atoms with Gasteiger partial charge in [-0.25, -0.2) is 4.98 Å². The molecular formula is C10H9N5O2. The third-order valence-electron chi connectivity index (χ3n) is 2.33. The van der Waals surface area contributed by atoms with Gasteiger partial charge in [0.2, 0.25) is 0 Å². The minimum atomic E-state index is 0.546. The molecule has 0 N–H and O–H groups in total. The van der Waals surface area contributed by atoms with E-state index in [1.807, 2.05) is 13.8 Å². The molecule has 17 heavy (non-hydrogen) atoms. The smallest absolute Gasteiger partial charge is 0.198 e. The third-order valence-corrected chi connectivity index (χ3v) is 2.33. The van der Waals surface area contributed by atoms with E-state index in [1.165, 1.54) is 4.68 Å². The number of aromatic nitrogens is 5. The number of hydrogen-bond donors (Lipinski definition) is 0. The molecule has 0 aromatic carbocycles. The Morgan fingerprint density at radius 3 is 2.76 bits per heavy atom. The first-order chi connectivity index (χ1) is 8.24. The molecule has 86 valence electrons. The van der Waals surface area contributed by atoms with Crippen molar-refractivity contribution in [2.75, 3.05) is 0 Å². The highest BCUT2D eigenvalue weighted by molar-refractivity contribution is 5.54. The molecule has 0 saturated heterocycles. The van der Waals surface area contributed by atoms with Crippen molar-refractivity contribution >= 4 is 0 Å². The van der Waals surface area contributed by atoms with E-state index >= 15 is 0 Å². The minimum absolute atomic E-state index is 0.546. The lowest BCUT2D eigenvalue weighted by molar-refractivity contribution is 0.393. The van der Waals surface area contributed by atoms with Crippen LogP contribution in [0.5, 0.6) is 0 Å². The molecule has 7 heteroatoms. The van der Waals surface area contributed by atoms with Gasteiger partial charge in [0.05, 0.1) is 11.8 Å². The molecule has 0 bridgehead atoms. The Balaban J connectivity index is 2.01. The van der Waals surface area contributed by atoms with Crippen LogP contribution in [0.1, 0.15) is 11.5 Å². The van der Waals surface area contributed by atoms with E-state index in [0.29, 0.717) is 17.4 Å². The van der Waals surface area contributed by atoms with Crippen LogP contribution in [-0.4, -0.2) is 25.1 Å². The zero-order valence-corrected chi connectivity index (χ0v) is 9.28. The molecular weight excluding hydrogens is 222 g/mol. The molecule has 0 saturated carbocycles. The summed E-state index contributed by atoms with van der Waals surface area (Å²) in [5.74, 6) is 2.54. The van der Waals surface area contributed by atoms with E-state index in [-0.39, 0.29) is 0 Å². The maximum Gasteiger partial charge on any atom is 0.198 e. The first kappa shape index (κ1) is 9.76. The Hall–Kier alpha value is -2.44. The highest BCUT2D eigenvalue weighted by atomic mass is 16.5. The Morgan fingerprint density at radius 1 is 1.24 bits per heavy atom. The molecule has 0 unspecified atom stereocenters. The lowest BCUT2D eigenvalue weighted by Gasteiger charge is -1.90. The van der Waals surface area contributed by atoms with Crippen molar-refractivity contribution < 1.29 is 9.05 Å². The summed E-state index contributed by atoms with van der Waals surface area (Å²) < 4.78 is 11.5. The standard InChI is InChI=1S/C10H9N5O2/c1-6-3-9(14-16-6)15-5-11-10(13-15)8-4-12-17-7(8)2/h3-5H,1-2H3. The quantitative estimate of drug-likeness (QED) is 0.665. The van der Waals surface area contributed by atoms with Gasteiger partial charge in [-0.15, -0.1) is 5.10 Å². The summed E-state index contributed by atoms with van der Waals surface area (Å²) in [5.41, 5.74) is 0.768. The number of nitrogens with zero attached hydrogens (tertiary/aromatic N) is 5. The largest absolute Gasteiger partial charge is 0.361 e. The monoisotopic (exact) mass is 231 g/mol. The van der Waals surface area contributed by atoms with Gasteiger partial charge in [-0.05, 0) is 13.8 Å². The van der Waals surface area contributed by atoms with Gasteiger partial charge in [0.15, 0.2) is 11.6 Å². The summed E-state index contributed by atoms with van der Waals surface area (Å²) in [4.78, 5) is 4.18. The Morgan fingerprint density at radius 2 is 2.12 bits per heavy atom. The van der Waals surface area contributed by atoms with Crippen LogP contribution < -0.4 is 0 Å². The van der Waals surface area contributed by atoms with Crippen LogP contribution in [0.4, 0.5) is 0 Å². The molecule has 3 aromatic rings. The van der Waals surface area contributed by atoms with E-state index < -0.39 is 0 Å². The molecule has 7 nitrogen and oxygen atoms in total. The van der Waals surface area contributed by atoms with E-state index in [1.54, 1.807) is 18.6 Å². The van der Waals surface area contributed by atoms with Gasteiger partial charge < -0.3 is 9.05 Å². The average molecular weight is 231 g/mol. The fourth-order valence-electron chi connectivity index (χ4n) is 1.47. The zero-order valence-electron chi connectivity index (χ0n) is 9.28. The second kappa shape index (κ2) is 3.55. The Kier molecular flexibility index (Phi) is 2.04. The summed E-state index contributed by atoms with van der Waals surface area (Å²) >= 11 is 0. The molecule has 0 amide bonds. The molecule has 0 radical (unpaired) electrons. The third kappa shape index (κ3) is 1.61. The van der Waals surface area contributed by atoms with Gasteiger partial charge in [0, 0.05) is 6.07 Å². The zero-order chi connectivity index (χ0) is 11.8. The molecule has 3 heterocycles. The SMILES string of the molecule is Cc1cc(-n2cnc(-c3cnoc3C)n2)no1. The van der Waals surface area contributed by atoms with Crippen LogP contribution >= 0.6 is 0 Å². The van der Waals surface area contributed by atoms with Crippen LogP contribution in [-0.2, 0) is 0 Å². The molecule has 0 fully saturated rings. The molecule has 0 atom stereocenters. The van der Waals surface area contributed by atoms with Gasteiger partial charge in [0.25, 0.3) is 0 Å². The predicted molar refractivity (Wildman–Crippen MR) is 56.4 cm³/mol. The van der Waals surface area contributed by atoms with E-state index in [4.69, 9.17) is 9.05 Å².